The maximum absolute atomic E-state index is 13.5. The largest absolute Gasteiger partial charge is 0.394 e. The molecule has 2 aromatic rings. The monoisotopic (exact) mass is 1350 g/mol. The van der Waals surface area contributed by atoms with Crippen LogP contribution in [-0.4, -0.2) is 122 Å². The van der Waals surface area contributed by atoms with Gasteiger partial charge in [0.25, 0.3) is 17.7 Å². The van der Waals surface area contributed by atoms with Crippen LogP contribution in [0.15, 0.2) is 0 Å². The van der Waals surface area contributed by atoms with Crippen molar-refractivity contribution in [1.29, 1.82) is 0 Å². The number of rotatable bonds is 16. The lowest BCUT2D eigenvalue weighted by molar-refractivity contribution is -0.121. The van der Waals surface area contributed by atoms with Gasteiger partial charge in [0.2, 0.25) is 0 Å². The van der Waals surface area contributed by atoms with Gasteiger partial charge in [-0.2, -0.15) is 0 Å². The van der Waals surface area contributed by atoms with Gasteiger partial charge in [-0.25, -0.2) is 5.01 Å². The maximum Gasteiger partial charge on any atom is 0.271 e. The average molecular weight is 1350 g/mol. The second-order valence-electron chi connectivity index (χ2n) is 9.67. The first-order valence-corrected chi connectivity index (χ1v) is 19.8. The smallest absolute Gasteiger partial charge is 0.271 e. The standard InChI is InChI=1S/C26H30I6N4O12/c27-17-13(10(44)5-39)19(29)23(20(30)15(17)25(47)33-1-8(42)3-37)35-36(12(46)7-41)24-21(31)14(11(45)6-40)18(28)16(22(24)32)26(48)34-2-9(43)4-38/h8-11,35,37-45H,1-7H2,(H,33,47)(H,34,48). The van der Waals surface area contributed by atoms with Crippen molar-refractivity contribution in [2.75, 3.05) is 56.6 Å². The molecule has 0 aliphatic heterocycles. The van der Waals surface area contributed by atoms with E-state index >= 15 is 0 Å². The Morgan fingerprint density at radius 1 is 0.583 bits per heavy atom. The molecule has 0 spiro atoms. The SMILES string of the molecule is O=C(NCC(O)CO)c1c(I)c(NN(C(=O)CO)c2c(I)c(C(=O)NCC(O)CO)c(I)c(C(O)CO)c2I)c(I)c(C(O)CO)c1I. The summed E-state index contributed by atoms with van der Waals surface area (Å²) in [6.07, 6.45) is -5.57. The lowest BCUT2D eigenvalue weighted by Crippen LogP contribution is -2.42. The molecule has 0 heterocycles. The Hall–Kier alpha value is 0.670. The van der Waals surface area contributed by atoms with Crippen molar-refractivity contribution in [3.63, 3.8) is 0 Å². The van der Waals surface area contributed by atoms with Gasteiger partial charge in [0.1, 0.15) is 18.8 Å². The molecule has 16 nitrogen and oxygen atoms in total. The zero-order chi connectivity index (χ0) is 36.6. The summed E-state index contributed by atoms with van der Waals surface area (Å²) < 4.78 is 1.21. The maximum atomic E-state index is 13.5. The molecule has 4 unspecified atom stereocenters. The number of nitrogens with zero attached hydrogens (tertiary/aromatic N) is 1. The predicted octanol–water partition coefficient (Wildman–Crippen LogP) is -0.116. The number of nitrogens with one attached hydrogen (secondary N) is 3. The number of amides is 3. The number of anilines is 2. The molecule has 0 aliphatic rings. The Bertz CT molecular complexity index is 1520. The van der Waals surface area contributed by atoms with Crippen molar-refractivity contribution in [2.24, 2.45) is 0 Å². The number of halogens is 6. The molecule has 0 saturated heterocycles. The third-order valence-electron chi connectivity index (χ3n) is 6.39. The van der Waals surface area contributed by atoms with Crippen LogP contribution in [0.5, 0.6) is 0 Å². The first-order valence-electron chi connectivity index (χ1n) is 13.4. The molecule has 22 heteroatoms. The summed E-state index contributed by atoms with van der Waals surface area (Å²) in [5, 5.41) is 95.2. The minimum Gasteiger partial charge on any atom is -0.394 e. The summed E-state index contributed by atoms with van der Waals surface area (Å²) in [4.78, 5) is 40.3. The highest BCUT2D eigenvalue weighted by atomic mass is 127. The quantitative estimate of drug-likeness (QED) is 0.0774. The Morgan fingerprint density at radius 2 is 1.00 bits per heavy atom. The van der Waals surface area contributed by atoms with Crippen LogP contribution < -0.4 is 21.1 Å². The summed E-state index contributed by atoms with van der Waals surface area (Å²) in [7, 11) is 0. The summed E-state index contributed by atoms with van der Waals surface area (Å²) in [5.74, 6) is -2.45. The van der Waals surface area contributed by atoms with E-state index in [-0.39, 0.29) is 68.1 Å². The Labute approximate surface area is 355 Å². The first-order chi connectivity index (χ1) is 22.5. The lowest BCUT2D eigenvalue weighted by Gasteiger charge is -2.31. The molecule has 48 heavy (non-hydrogen) atoms. The molecular weight excluding hydrogens is 1320 g/mol. The molecule has 0 aromatic heterocycles. The van der Waals surface area contributed by atoms with E-state index in [0.29, 0.717) is 0 Å². The molecule has 268 valence electrons. The Morgan fingerprint density at radius 3 is 1.40 bits per heavy atom. The number of hydrogen-bond acceptors (Lipinski definition) is 13. The molecule has 4 atom stereocenters. The van der Waals surface area contributed by atoms with Crippen molar-refractivity contribution in [3.05, 3.63) is 43.7 Å². The molecule has 3 amide bonds. The van der Waals surface area contributed by atoms with E-state index in [4.69, 9.17) is 0 Å². The van der Waals surface area contributed by atoms with Gasteiger partial charge in [0.05, 0.1) is 68.3 Å². The number of hydrogen-bond donors (Lipinski definition) is 12. The van der Waals surface area contributed by atoms with Gasteiger partial charge >= 0.3 is 0 Å². The number of aliphatic hydroxyl groups excluding tert-OH is 9. The minimum absolute atomic E-state index is 0.0194. The summed E-state index contributed by atoms with van der Waals surface area (Å²) in [5.41, 5.74) is 2.99. The van der Waals surface area contributed by atoms with Crippen LogP contribution in [0.4, 0.5) is 11.4 Å². The molecule has 0 fully saturated rings. The topological polar surface area (TPSA) is 273 Å². The summed E-state index contributed by atoms with van der Waals surface area (Å²) in [6, 6.07) is 0. The van der Waals surface area contributed by atoms with Crippen LogP contribution in [0.25, 0.3) is 0 Å². The summed E-state index contributed by atoms with van der Waals surface area (Å²) in [6.45, 7) is -4.49. The van der Waals surface area contributed by atoms with Gasteiger partial charge in [0, 0.05) is 38.5 Å². The van der Waals surface area contributed by atoms with E-state index in [1.54, 1.807) is 45.2 Å². The van der Waals surface area contributed by atoms with Crippen molar-refractivity contribution < 1.29 is 60.3 Å². The van der Waals surface area contributed by atoms with E-state index in [1.165, 1.54) is 0 Å². The van der Waals surface area contributed by atoms with Crippen LogP contribution in [0, 0.1) is 21.4 Å². The van der Waals surface area contributed by atoms with Crippen LogP contribution >= 0.6 is 136 Å². The van der Waals surface area contributed by atoms with Gasteiger partial charge in [0.15, 0.2) is 0 Å². The van der Waals surface area contributed by atoms with Crippen molar-refractivity contribution in [2.45, 2.75) is 24.4 Å². The first kappa shape index (κ1) is 44.8. The summed E-state index contributed by atoms with van der Waals surface area (Å²) >= 11 is 10.9. The third kappa shape index (κ3) is 10.4. The van der Waals surface area contributed by atoms with Gasteiger partial charge < -0.3 is 56.6 Å². The third-order valence-corrected chi connectivity index (χ3v) is 13.0. The molecule has 2 rings (SSSR count). The molecule has 2 aromatic carbocycles. The number of aliphatic hydroxyl groups is 9. The zero-order valence-electron chi connectivity index (χ0n) is 24.2. The fraction of sp³-hybridized carbons (Fsp3) is 0.423. The van der Waals surface area contributed by atoms with Crippen molar-refractivity contribution in [1.82, 2.24) is 10.6 Å². The highest BCUT2D eigenvalue weighted by molar-refractivity contribution is 14.1. The van der Waals surface area contributed by atoms with E-state index in [1.807, 2.05) is 90.4 Å². The normalized spacial score (nSPS) is 13.8. The van der Waals surface area contributed by atoms with Gasteiger partial charge in [-0.1, -0.05) is 0 Å². The average Bonchev–Trinajstić information content (AvgIpc) is 3.06. The molecular formula is C26H30I6N4O12. The van der Waals surface area contributed by atoms with E-state index < -0.39 is 75.2 Å². The predicted molar refractivity (Wildman–Crippen MR) is 222 cm³/mol. The van der Waals surface area contributed by atoms with Crippen molar-refractivity contribution in [3.8, 4) is 0 Å². The molecule has 0 radical (unpaired) electrons. The number of carbonyl (C=O) groups is 3. The highest BCUT2D eigenvalue weighted by Crippen LogP contribution is 2.43. The fourth-order valence-corrected chi connectivity index (χ4v) is 13.4. The van der Waals surface area contributed by atoms with Gasteiger partial charge in [-0.15, -0.1) is 0 Å². The zero-order valence-corrected chi connectivity index (χ0v) is 37.2. The van der Waals surface area contributed by atoms with Crippen LogP contribution in [0.2, 0.25) is 0 Å². The van der Waals surface area contributed by atoms with Gasteiger partial charge in [-0.05, 0) is 136 Å². The van der Waals surface area contributed by atoms with E-state index in [9.17, 15) is 60.3 Å². The fourth-order valence-electron chi connectivity index (χ4n) is 3.97. The Kier molecular flexibility index (Phi) is 19.4. The number of carbonyl (C=O) groups excluding carboxylic acids is 3. The van der Waals surface area contributed by atoms with Crippen LogP contribution in [-0.2, 0) is 4.79 Å². The number of benzene rings is 2. The van der Waals surface area contributed by atoms with E-state index in [2.05, 4.69) is 16.1 Å². The lowest BCUT2D eigenvalue weighted by atomic mass is 10.0. The Balaban J connectivity index is 2.97. The van der Waals surface area contributed by atoms with Gasteiger partial charge in [-0.3, -0.25) is 19.8 Å². The molecule has 0 aliphatic carbocycles. The second kappa shape index (κ2) is 20.8. The highest BCUT2D eigenvalue weighted by Gasteiger charge is 2.34. The van der Waals surface area contributed by atoms with E-state index in [0.717, 1.165) is 5.01 Å². The minimum atomic E-state index is -1.53. The van der Waals surface area contributed by atoms with Crippen LogP contribution in [0.1, 0.15) is 44.1 Å². The molecule has 12 N–H and O–H groups in total. The molecule has 0 saturated carbocycles. The molecule has 0 bridgehead atoms. The van der Waals surface area contributed by atoms with Crippen LogP contribution in [0.3, 0.4) is 0 Å². The van der Waals surface area contributed by atoms with Crippen molar-refractivity contribution >= 4 is 165 Å². The second-order valence-corrected chi connectivity index (χ2v) is 16.1. The number of hydrazine groups is 1.